The number of pyridine rings is 1. The number of aromatic nitrogens is 4. The van der Waals surface area contributed by atoms with Crippen LogP contribution in [0.5, 0.6) is 0 Å². The zero-order valence-electron chi connectivity index (χ0n) is 31.6. The van der Waals surface area contributed by atoms with Gasteiger partial charge in [0.2, 0.25) is 0 Å². The largest absolute Gasteiger partial charge is 0.248 e. The van der Waals surface area contributed by atoms with Crippen molar-refractivity contribution in [3.63, 3.8) is 0 Å². The highest BCUT2D eigenvalue weighted by molar-refractivity contribution is 5.97. The van der Waals surface area contributed by atoms with Crippen LogP contribution in [0.2, 0.25) is 0 Å². The summed E-state index contributed by atoms with van der Waals surface area (Å²) < 4.78 is 0. The highest BCUT2D eigenvalue weighted by Gasteiger charge is 2.15. The van der Waals surface area contributed by atoms with Crippen LogP contribution in [-0.2, 0) is 0 Å². The fourth-order valence-corrected chi connectivity index (χ4v) is 7.51. The standard InChI is InChI=1S/C54H36N4/c1-5-15-37(16-6-1)47-35-50(40-17-7-2-8-18-40)55-51(36-47)41-29-25-38(26-30-41)48-33-45-23-13-14-24-46(45)34-49(48)39-27-31-44(32-28-39)54-57-52(42-19-9-3-10-20-42)56-53(58-54)43-21-11-4-12-22-43/h1-36H. The Labute approximate surface area is 337 Å². The van der Waals surface area contributed by atoms with E-state index in [1.165, 1.54) is 10.8 Å². The van der Waals surface area contributed by atoms with Crippen LogP contribution in [-0.4, -0.2) is 19.9 Å². The Hall–Kier alpha value is -7.82. The lowest BCUT2D eigenvalue weighted by Gasteiger charge is -2.15. The van der Waals surface area contributed by atoms with E-state index >= 15 is 0 Å². The van der Waals surface area contributed by atoms with E-state index in [9.17, 15) is 0 Å². The molecule has 0 aliphatic carbocycles. The minimum Gasteiger partial charge on any atom is -0.248 e. The Morgan fingerprint density at radius 1 is 0.207 bits per heavy atom. The molecule has 0 atom stereocenters. The zero-order chi connectivity index (χ0) is 38.7. The van der Waals surface area contributed by atoms with Crippen LogP contribution in [0.4, 0.5) is 0 Å². The molecular weight excluding hydrogens is 705 g/mol. The molecule has 10 aromatic rings. The highest BCUT2D eigenvalue weighted by Crippen LogP contribution is 2.38. The van der Waals surface area contributed by atoms with Gasteiger partial charge < -0.3 is 0 Å². The van der Waals surface area contributed by atoms with Crippen molar-refractivity contribution >= 4 is 10.8 Å². The summed E-state index contributed by atoms with van der Waals surface area (Å²) in [5, 5.41) is 2.38. The van der Waals surface area contributed by atoms with E-state index in [-0.39, 0.29) is 0 Å². The third kappa shape index (κ3) is 7.07. The Morgan fingerprint density at radius 2 is 0.517 bits per heavy atom. The van der Waals surface area contributed by atoms with Crippen molar-refractivity contribution < 1.29 is 0 Å². The van der Waals surface area contributed by atoms with E-state index < -0.39 is 0 Å². The smallest absolute Gasteiger partial charge is 0.164 e. The van der Waals surface area contributed by atoms with Crippen molar-refractivity contribution in [1.29, 1.82) is 0 Å². The summed E-state index contributed by atoms with van der Waals surface area (Å²) in [5.41, 5.74) is 13.7. The summed E-state index contributed by atoms with van der Waals surface area (Å²) >= 11 is 0. The van der Waals surface area contributed by atoms with E-state index in [4.69, 9.17) is 19.9 Å². The first-order valence-corrected chi connectivity index (χ1v) is 19.5. The Morgan fingerprint density at radius 3 is 0.948 bits per heavy atom. The third-order valence-electron chi connectivity index (χ3n) is 10.5. The number of fused-ring (bicyclic) bond motifs is 1. The number of benzene rings is 8. The molecule has 0 saturated carbocycles. The monoisotopic (exact) mass is 740 g/mol. The maximum Gasteiger partial charge on any atom is 0.164 e. The minimum absolute atomic E-state index is 0.633. The molecule has 0 spiro atoms. The lowest BCUT2D eigenvalue weighted by molar-refractivity contribution is 1.07. The molecular formula is C54H36N4. The van der Waals surface area contributed by atoms with E-state index in [0.29, 0.717) is 17.5 Å². The maximum absolute atomic E-state index is 5.17. The van der Waals surface area contributed by atoms with Crippen molar-refractivity contribution in [2.45, 2.75) is 0 Å². The van der Waals surface area contributed by atoms with Gasteiger partial charge in [0, 0.05) is 27.8 Å². The molecule has 4 heteroatoms. The van der Waals surface area contributed by atoms with Gasteiger partial charge in [-0.1, -0.05) is 194 Å². The maximum atomic E-state index is 5.17. The molecule has 2 aromatic heterocycles. The van der Waals surface area contributed by atoms with Crippen LogP contribution >= 0.6 is 0 Å². The fraction of sp³-hybridized carbons (Fsp3) is 0. The lowest BCUT2D eigenvalue weighted by Crippen LogP contribution is -2.00. The van der Waals surface area contributed by atoms with E-state index in [0.717, 1.165) is 72.6 Å². The summed E-state index contributed by atoms with van der Waals surface area (Å²) in [6, 6.07) is 76.0. The number of nitrogens with zero attached hydrogens (tertiary/aromatic N) is 4. The molecule has 0 aliphatic heterocycles. The van der Waals surface area contributed by atoms with Crippen LogP contribution in [0.15, 0.2) is 218 Å². The molecule has 0 aliphatic rings. The minimum atomic E-state index is 0.633. The average molecular weight is 741 g/mol. The zero-order valence-corrected chi connectivity index (χ0v) is 31.6. The molecule has 2 heterocycles. The second kappa shape index (κ2) is 15.4. The quantitative estimate of drug-likeness (QED) is 0.156. The van der Waals surface area contributed by atoms with E-state index in [2.05, 4.69) is 152 Å². The fourth-order valence-electron chi connectivity index (χ4n) is 7.51. The summed E-state index contributed by atoms with van der Waals surface area (Å²) in [5.74, 6) is 1.92. The number of hydrogen-bond donors (Lipinski definition) is 0. The summed E-state index contributed by atoms with van der Waals surface area (Å²) in [4.78, 5) is 20.0. The van der Waals surface area contributed by atoms with Crippen LogP contribution in [0.1, 0.15) is 0 Å². The predicted molar refractivity (Wildman–Crippen MR) is 239 cm³/mol. The molecule has 4 nitrogen and oxygen atoms in total. The van der Waals surface area contributed by atoms with Gasteiger partial charge in [-0.25, -0.2) is 19.9 Å². The van der Waals surface area contributed by atoms with Gasteiger partial charge >= 0.3 is 0 Å². The number of hydrogen-bond acceptors (Lipinski definition) is 4. The van der Waals surface area contributed by atoms with Crippen molar-refractivity contribution in [3.8, 4) is 90.1 Å². The van der Waals surface area contributed by atoms with E-state index in [1.54, 1.807) is 0 Å². The summed E-state index contributed by atoms with van der Waals surface area (Å²) in [6.07, 6.45) is 0. The van der Waals surface area contributed by atoms with Crippen molar-refractivity contribution in [2.24, 2.45) is 0 Å². The Kier molecular flexibility index (Phi) is 9.18. The van der Waals surface area contributed by atoms with Gasteiger partial charge in [0.15, 0.2) is 17.5 Å². The molecule has 0 fully saturated rings. The highest BCUT2D eigenvalue weighted by atomic mass is 15.0. The average Bonchev–Trinajstić information content (AvgIpc) is 3.32. The topological polar surface area (TPSA) is 51.6 Å². The van der Waals surface area contributed by atoms with Gasteiger partial charge in [-0.05, 0) is 68.4 Å². The van der Waals surface area contributed by atoms with Crippen molar-refractivity contribution in [3.05, 3.63) is 218 Å². The first kappa shape index (κ1) is 34.7. The molecule has 0 radical (unpaired) electrons. The van der Waals surface area contributed by atoms with Gasteiger partial charge in [0.25, 0.3) is 0 Å². The summed E-state index contributed by atoms with van der Waals surface area (Å²) in [7, 11) is 0. The second-order valence-corrected chi connectivity index (χ2v) is 14.3. The normalized spacial score (nSPS) is 11.1. The van der Waals surface area contributed by atoms with Crippen molar-refractivity contribution in [2.75, 3.05) is 0 Å². The van der Waals surface area contributed by atoms with E-state index in [1.807, 2.05) is 66.7 Å². The third-order valence-corrected chi connectivity index (χ3v) is 10.5. The molecule has 58 heavy (non-hydrogen) atoms. The van der Waals surface area contributed by atoms with Crippen LogP contribution in [0, 0.1) is 0 Å². The first-order chi connectivity index (χ1) is 28.7. The van der Waals surface area contributed by atoms with Gasteiger partial charge in [0.1, 0.15) is 0 Å². The van der Waals surface area contributed by atoms with Gasteiger partial charge in [-0.2, -0.15) is 0 Å². The molecule has 0 saturated heterocycles. The first-order valence-electron chi connectivity index (χ1n) is 19.5. The molecule has 10 rings (SSSR count). The molecule has 0 N–H and O–H groups in total. The van der Waals surface area contributed by atoms with Crippen molar-refractivity contribution in [1.82, 2.24) is 19.9 Å². The molecule has 272 valence electrons. The Balaban J connectivity index is 1.04. The molecule has 8 aromatic carbocycles. The van der Waals surface area contributed by atoms with Crippen LogP contribution in [0.3, 0.4) is 0 Å². The molecule has 0 bridgehead atoms. The molecule has 0 unspecified atom stereocenters. The molecule has 0 amide bonds. The second-order valence-electron chi connectivity index (χ2n) is 14.3. The summed E-state index contributed by atoms with van der Waals surface area (Å²) in [6.45, 7) is 0. The number of rotatable bonds is 8. The van der Waals surface area contributed by atoms with Crippen LogP contribution in [0.25, 0.3) is 101 Å². The van der Waals surface area contributed by atoms with Crippen LogP contribution < -0.4 is 0 Å². The lowest BCUT2D eigenvalue weighted by atomic mass is 9.90. The van der Waals surface area contributed by atoms with Gasteiger partial charge in [0.05, 0.1) is 11.4 Å². The Bertz CT molecular complexity index is 2680. The predicted octanol–water partition coefficient (Wildman–Crippen LogP) is 13.8. The van der Waals surface area contributed by atoms with Gasteiger partial charge in [-0.3, -0.25) is 0 Å². The van der Waals surface area contributed by atoms with Gasteiger partial charge in [-0.15, -0.1) is 0 Å². The SMILES string of the molecule is c1ccc(-c2cc(-c3ccccc3)nc(-c3ccc(-c4cc5ccccc5cc4-c4ccc(-c5nc(-c6ccccc6)nc(-c6ccccc6)n5)cc4)cc3)c2)cc1.